The summed E-state index contributed by atoms with van der Waals surface area (Å²) in [6, 6.07) is 0.487. The summed E-state index contributed by atoms with van der Waals surface area (Å²) in [5.74, 6) is 1.39. The molecule has 114 valence electrons. The second kappa shape index (κ2) is 6.80. The Labute approximate surface area is 124 Å². The van der Waals surface area contributed by atoms with E-state index in [9.17, 15) is 4.79 Å². The number of nitrogens with one attached hydrogen (secondary N) is 2. The van der Waals surface area contributed by atoms with Gasteiger partial charge in [-0.25, -0.2) is 9.89 Å². The largest absolute Gasteiger partial charge is 0.343 e. The molecule has 1 fully saturated rings. The van der Waals surface area contributed by atoms with Crippen molar-refractivity contribution in [3.63, 3.8) is 0 Å². The Balaban J connectivity index is 2.17. The molecule has 0 radical (unpaired) electrons. The van der Waals surface area contributed by atoms with Crippen molar-refractivity contribution in [2.75, 3.05) is 7.05 Å². The fraction of sp³-hybridized carbons (Fsp3) is 0.857. The van der Waals surface area contributed by atoms with Gasteiger partial charge in [-0.2, -0.15) is 0 Å². The average molecular weight is 298 g/mol. The summed E-state index contributed by atoms with van der Waals surface area (Å²) >= 11 is 1.75. The Morgan fingerprint density at radius 3 is 2.85 bits per heavy atom. The number of H-pyrrole nitrogens is 1. The van der Waals surface area contributed by atoms with Crippen LogP contribution in [0.1, 0.15) is 40.0 Å². The molecule has 0 aromatic carbocycles. The van der Waals surface area contributed by atoms with Crippen molar-refractivity contribution in [1.29, 1.82) is 0 Å². The molecule has 1 aromatic rings. The van der Waals surface area contributed by atoms with Gasteiger partial charge in [-0.15, -0.1) is 5.10 Å². The number of hydrogen-bond acceptors (Lipinski definition) is 4. The molecule has 5 nitrogen and oxygen atoms in total. The van der Waals surface area contributed by atoms with E-state index in [-0.39, 0.29) is 5.69 Å². The summed E-state index contributed by atoms with van der Waals surface area (Å²) in [5, 5.41) is 11.6. The summed E-state index contributed by atoms with van der Waals surface area (Å²) in [6.07, 6.45) is 3.39. The van der Waals surface area contributed by atoms with Gasteiger partial charge in [0.25, 0.3) is 0 Å². The summed E-state index contributed by atoms with van der Waals surface area (Å²) in [5.41, 5.74) is -0.0906. The molecule has 1 aliphatic carbocycles. The first-order valence-corrected chi connectivity index (χ1v) is 8.43. The lowest BCUT2D eigenvalue weighted by Gasteiger charge is -2.38. The van der Waals surface area contributed by atoms with Crippen molar-refractivity contribution in [3.05, 3.63) is 10.5 Å². The van der Waals surface area contributed by atoms with Crippen molar-refractivity contribution in [1.82, 2.24) is 20.1 Å². The smallest absolute Gasteiger partial charge is 0.316 e. The van der Waals surface area contributed by atoms with Crippen LogP contribution in [-0.4, -0.2) is 33.1 Å². The van der Waals surface area contributed by atoms with Gasteiger partial charge in [0.1, 0.15) is 0 Å². The molecule has 0 saturated heterocycles. The molecule has 2 rings (SSSR count). The predicted molar refractivity (Wildman–Crippen MR) is 83.2 cm³/mol. The molecule has 1 heterocycles. The molecule has 0 bridgehead atoms. The minimum Gasteiger partial charge on any atom is -0.316 e. The van der Waals surface area contributed by atoms with E-state index in [0.717, 1.165) is 24.0 Å². The van der Waals surface area contributed by atoms with Crippen molar-refractivity contribution in [2.45, 2.75) is 63.0 Å². The molecule has 0 amide bonds. The third kappa shape index (κ3) is 3.28. The molecule has 1 aliphatic rings. The highest BCUT2D eigenvalue weighted by molar-refractivity contribution is 7.99. The van der Waals surface area contributed by atoms with Crippen LogP contribution in [0.25, 0.3) is 0 Å². The van der Waals surface area contributed by atoms with E-state index in [1.807, 2.05) is 7.05 Å². The molecule has 1 saturated carbocycles. The first-order valence-electron chi connectivity index (χ1n) is 7.55. The summed E-state index contributed by atoms with van der Waals surface area (Å²) in [7, 11) is 2.03. The van der Waals surface area contributed by atoms with Gasteiger partial charge < -0.3 is 5.32 Å². The maximum Gasteiger partial charge on any atom is 0.343 e. The summed E-state index contributed by atoms with van der Waals surface area (Å²) in [6.45, 7) is 7.45. The van der Waals surface area contributed by atoms with Crippen LogP contribution < -0.4 is 11.0 Å². The Hall–Kier alpha value is -0.750. The number of nitrogens with zero attached hydrogens (tertiary/aromatic N) is 2. The zero-order valence-electron chi connectivity index (χ0n) is 12.8. The first kappa shape index (κ1) is 15.6. The Morgan fingerprint density at radius 1 is 1.45 bits per heavy atom. The Morgan fingerprint density at radius 2 is 2.20 bits per heavy atom. The van der Waals surface area contributed by atoms with Crippen molar-refractivity contribution < 1.29 is 0 Å². The van der Waals surface area contributed by atoms with Crippen LogP contribution in [0, 0.1) is 11.8 Å². The van der Waals surface area contributed by atoms with Gasteiger partial charge in [-0.1, -0.05) is 32.5 Å². The number of aromatic amines is 1. The molecule has 20 heavy (non-hydrogen) atoms. The van der Waals surface area contributed by atoms with Crippen LogP contribution in [-0.2, 0) is 6.54 Å². The third-order valence-corrected chi connectivity index (χ3v) is 5.76. The number of aromatic nitrogens is 3. The highest BCUT2D eigenvalue weighted by Gasteiger charge is 2.34. The summed E-state index contributed by atoms with van der Waals surface area (Å²) < 4.78 is 1.77. The minimum atomic E-state index is -0.0906. The highest BCUT2D eigenvalue weighted by atomic mass is 32.2. The molecule has 0 spiro atoms. The molecular formula is C14H26N4OS. The Bertz CT molecular complexity index is 484. The van der Waals surface area contributed by atoms with Crippen molar-refractivity contribution in [3.8, 4) is 0 Å². The van der Waals surface area contributed by atoms with E-state index < -0.39 is 0 Å². The maximum atomic E-state index is 11.8. The topological polar surface area (TPSA) is 62.7 Å². The van der Waals surface area contributed by atoms with Crippen LogP contribution in [0.5, 0.6) is 0 Å². The number of rotatable bonds is 5. The highest BCUT2D eigenvalue weighted by Crippen LogP contribution is 2.38. The SMILES string of the molecule is CCCn1c(SC2C(C)CC(C)CC2NC)n[nH]c1=O. The average Bonchev–Trinajstić information content (AvgIpc) is 2.74. The van der Waals surface area contributed by atoms with E-state index in [4.69, 9.17) is 0 Å². The van der Waals surface area contributed by atoms with Gasteiger partial charge in [0, 0.05) is 17.8 Å². The van der Waals surface area contributed by atoms with Crippen molar-refractivity contribution >= 4 is 11.8 Å². The second-order valence-corrected chi connectivity index (χ2v) is 7.14. The molecule has 4 atom stereocenters. The van der Waals surface area contributed by atoms with Gasteiger partial charge in [0.15, 0.2) is 5.16 Å². The van der Waals surface area contributed by atoms with E-state index in [2.05, 4.69) is 36.3 Å². The monoisotopic (exact) mass is 298 g/mol. The fourth-order valence-electron chi connectivity index (χ4n) is 3.25. The quantitative estimate of drug-likeness (QED) is 0.874. The van der Waals surface area contributed by atoms with Gasteiger partial charge in [0.05, 0.1) is 0 Å². The van der Waals surface area contributed by atoms with Gasteiger partial charge >= 0.3 is 5.69 Å². The molecular weight excluding hydrogens is 272 g/mol. The molecule has 6 heteroatoms. The maximum absolute atomic E-state index is 11.8. The van der Waals surface area contributed by atoms with Crippen LogP contribution >= 0.6 is 11.8 Å². The summed E-state index contributed by atoms with van der Waals surface area (Å²) in [4.78, 5) is 11.8. The molecule has 2 N–H and O–H groups in total. The minimum absolute atomic E-state index is 0.0906. The zero-order chi connectivity index (χ0) is 14.7. The predicted octanol–water partition coefficient (Wildman–Crippen LogP) is 2.10. The van der Waals surface area contributed by atoms with Gasteiger partial charge in [-0.05, 0) is 38.1 Å². The number of thioether (sulfide) groups is 1. The standard InChI is InChI=1S/C14H26N4OS/c1-5-6-18-13(19)16-17-14(18)20-12-10(3)7-9(2)8-11(12)15-4/h9-12,15H,5-8H2,1-4H3,(H,16,19). The second-order valence-electron chi connectivity index (χ2n) is 5.99. The normalized spacial score (nSPS) is 30.6. The lowest BCUT2D eigenvalue weighted by atomic mass is 9.80. The van der Waals surface area contributed by atoms with Crippen LogP contribution in [0.2, 0.25) is 0 Å². The van der Waals surface area contributed by atoms with Gasteiger partial charge in [-0.3, -0.25) is 4.57 Å². The van der Waals surface area contributed by atoms with E-state index in [1.165, 1.54) is 12.8 Å². The molecule has 0 aliphatic heterocycles. The third-order valence-electron chi connectivity index (χ3n) is 4.17. The van der Waals surface area contributed by atoms with E-state index in [0.29, 0.717) is 17.2 Å². The van der Waals surface area contributed by atoms with Crippen molar-refractivity contribution in [2.24, 2.45) is 11.8 Å². The molecule has 1 aromatic heterocycles. The Kier molecular flexibility index (Phi) is 5.32. The van der Waals surface area contributed by atoms with Crippen LogP contribution in [0.4, 0.5) is 0 Å². The number of hydrogen-bond donors (Lipinski definition) is 2. The van der Waals surface area contributed by atoms with E-state index in [1.54, 1.807) is 16.3 Å². The fourth-order valence-corrected chi connectivity index (χ4v) is 4.64. The van der Waals surface area contributed by atoms with Gasteiger partial charge in [0.2, 0.25) is 0 Å². The van der Waals surface area contributed by atoms with Crippen LogP contribution in [0.15, 0.2) is 9.95 Å². The molecule has 4 unspecified atom stereocenters. The lowest BCUT2D eigenvalue weighted by molar-refractivity contribution is 0.256. The van der Waals surface area contributed by atoms with Crippen LogP contribution in [0.3, 0.4) is 0 Å². The lowest BCUT2D eigenvalue weighted by Crippen LogP contribution is -2.45. The van der Waals surface area contributed by atoms with E-state index >= 15 is 0 Å². The zero-order valence-corrected chi connectivity index (χ0v) is 13.7. The first-order chi connectivity index (χ1) is 9.56.